The summed E-state index contributed by atoms with van der Waals surface area (Å²) in [6.45, 7) is 2.46. The zero-order valence-electron chi connectivity index (χ0n) is 29.2. The summed E-state index contributed by atoms with van der Waals surface area (Å²) in [5.74, 6) is 1.96. The quantitative estimate of drug-likeness (QED) is 0.374. The van der Waals surface area contributed by atoms with Gasteiger partial charge in [0.1, 0.15) is 11.5 Å². The Kier molecular flexibility index (Phi) is 11.6. The number of nitrogens with one attached hydrogen (secondary N) is 1. The van der Waals surface area contributed by atoms with Crippen molar-refractivity contribution in [1.29, 1.82) is 0 Å². The normalized spacial score (nSPS) is 20.4. The van der Waals surface area contributed by atoms with Gasteiger partial charge in [0.15, 0.2) is 11.5 Å². The number of carbonyl (C=O) groups excluding carboxylic acids is 2. The standard InChI is InChI=1S/C35H48N6O7S2/c1-46-30-16-28-27(32(47-2)33(30)48-3)15-26-19-41(50(44,45)22-24-9-4-5-10-24)14-7-6-12-40(35(43)29-21-49-23-37-29)20-31(42)36-17-25-11-8-13-39(18-25)34(26)38-28/h15-16,21,23-25H,4-14,17-20,22H2,1-3H3,(H,36,42). The first-order valence-corrected chi connectivity index (χ1v) is 20.1. The van der Waals surface area contributed by atoms with E-state index in [2.05, 4.69) is 15.2 Å². The number of carbonyl (C=O) groups is 2. The van der Waals surface area contributed by atoms with Crippen LogP contribution < -0.4 is 24.4 Å². The molecule has 15 heteroatoms. The first-order valence-electron chi connectivity index (χ1n) is 17.5. The lowest BCUT2D eigenvalue weighted by Gasteiger charge is -2.36. The second kappa shape index (κ2) is 16.1. The minimum Gasteiger partial charge on any atom is -0.493 e. The summed E-state index contributed by atoms with van der Waals surface area (Å²) in [5.41, 5.74) is 3.33. The summed E-state index contributed by atoms with van der Waals surface area (Å²) < 4.78 is 47.3. The summed E-state index contributed by atoms with van der Waals surface area (Å²) in [6, 6.07) is 3.81. The lowest BCUT2D eigenvalue weighted by atomic mass is 9.97. The van der Waals surface area contributed by atoms with Crippen molar-refractivity contribution in [2.45, 2.75) is 57.9 Å². The summed E-state index contributed by atoms with van der Waals surface area (Å²) in [4.78, 5) is 39.7. The minimum atomic E-state index is -3.66. The van der Waals surface area contributed by atoms with Crippen LogP contribution in [0.3, 0.4) is 0 Å². The second-order valence-electron chi connectivity index (χ2n) is 13.5. The van der Waals surface area contributed by atoms with Crippen LogP contribution in [0.2, 0.25) is 0 Å². The molecule has 1 atom stereocenters. The van der Waals surface area contributed by atoms with Crippen LogP contribution in [0.5, 0.6) is 17.2 Å². The van der Waals surface area contributed by atoms with E-state index in [4.69, 9.17) is 19.2 Å². The monoisotopic (exact) mass is 728 g/mol. The van der Waals surface area contributed by atoms with Gasteiger partial charge in [-0.3, -0.25) is 9.59 Å². The Balaban J connectivity index is 1.41. The molecule has 0 radical (unpaired) electrons. The first kappa shape index (κ1) is 36.1. The Bertz CT molecular complexity index is 1760. The van der Waals surface area contributed by atoms with E-state index in [0.717, 1.165) is 56.5 Å². The molecule has 2 amide bonds. The number of benzene rings is 1. The smallest absolute Gasteiger partial charge is 0.273 e. The summed E-state index contributed by atoms with van der Waals surface area (Å²) >= 11 is 1.33. The summed E-state index contributed by atoms with van der Waals surface area (Å²) in [7, 11) is 1.03. The molecular formula is C35H48N6O7S2. The van der Waals surface area contributed by atoms with Crippen molar-refractivity contribution in [1.82, 2.24) is 24.5 Å². The fourth-order valence-corrected chi connectivity index (χ4v) is 9.94. The van der Waals surface area contributed by atoms with Crippen LogP contribution in [-0.4, -0.2) is 106 Å². The van der Waals surface area contributed by atoms with Crippen molar-refractivity contribution in [3.8, 4) is 17.2 Å². The highest BCUT2D eigenvalue weighted by Gasteiger charge is 2.32. The molecule has 0 spiro atoms. The predicted octanol–water partition coefficient (Wildman–Crippen LogP) is 4.31. The number of nitrogens with zero attached hydrogens (tertiary/aromatic N) is 5. The maximum Gasteiger partial charge on any atom is 0.273 e. The van der Waals surface area contributed by atoms with E-state index in [1.165, 1.54) is 16.2 Å². The van der Waals surface area contributed by atoms with Gasteiger partial charge in [0.25, 0.3) is 5.91 Å². The van der Waals surface area contributed by atoms with Gasteiger partial charge >= 0.3 is 0 Å². The maximum atomic E-state index is 14.3. The fourth-order valence-electron chi connectivity index (χ4n) is 7.53. The molecule has 2 aromatic heterocycles. The lowest BCUT2D eigenvalue weighted by molar-refractivity contribution is -0.122. The highest BCUT2D eigenvalue weighted by atomic mass is 32.2. The third-order valence-electron chi connectivity index (χ3n) is 10.1. The van der Waals surface area contributed by atoms with Gasteiger partial charge in [0.2, 0.25) is 21.7 Å². The van der Waals surface area contributed by atoms with Crippen LogP contribution in [0.1, 0.15) is 67.4 Å². The fraction of sp³-hybridized carbons (Fsp3) is 0.600. The van der Waals surface area contributed by atoms with Gasteiger partial charge in [0, 0.05) is 61.7 Å². The Morgan fingerprint density at radius 3 is 2.46 bits per heavy atom. The van der Waals surface area contributed by atoms with Gasteiger partial charge in [-0.25, -0.2) is 18.4 Å². The molecule has 2 aliphatic heterocycles. The molecule has 272 valence electrons. The molecule has 1 aromatic carbocycles. The van der Waals surface area contributed by atoms with Crippen molar-refractivity contribution in [3.63, 3.8) is 0 Å². The SMILES string of the molecule is COc1cc2nc3c(cc2c(OC)c1OC)CN(S(=O)(=O)CC1CCCC1)CCCCN(C(=O)c1cscn1)CC(=O)NCC1CCCN3C1. The van der Waals surface area contributed by atoms with Gasteiger partial charge in [-0.15, -0.1) is 11.3 Å². The topological polar surface area (TPSA) is 144 Å². The van der Waals surface area contributed by atoms with Crippen LogP contribution in [0.4, 0.5) is 5.82 Å². The number of ether oxygens (including phenoxy) is 3. The number of sulfonamides is 1. The second-order valence-corrected chi connectivity index (χ2v) is 16.2. The number of amides is 2. The largest absolute Gasteiger partial charge is 0.493 e. The molecule has 1 saturated heterocycles. The highest BCUT2D eigenvalue weighted by Crippen LogP contribution is 2.44. The maximum absolute atomic E-state index is 14.3. The molecule has 6 rings (SSSR count). The number of fused-ring (bicyclic) bond motifs is 5. The van der Waals surface area contributed by atoms with E-state index >= 15 is 0 Å². The predicted molar refractivity (Wildman–Crippen MR) is 193 cm³/mol. The third-order valence-corrected chi connectivity index (χ3v) is 12.7. The molecule has 1 aliphatic carbocycles. The number of pyridine rings is 1. The molecule has 4 heterocycles. The van der Waals surface area contributed by atoms with E-state index < -0.39 is 10.0 Å². The van der Waals surface area contributed by atoms with Crippen LogP contribution in [0, 0.1) is 11.8 Å². The third kappa shape index (κ3) is 8.10. The van der Waals surface area contributed by atoms with Crippen LogP contribution in [0.25, 0.3) is 10.9 Å². The Hall–Kier alpha value is -3.69. The molecule has 50 heavy (non-hydrogen) atoms. The molecule has 3 aliphatic rings. The summed E-state index contributed by atoms with van der Waals surface area (Å²) in [6.07, 6.45) is 6.76. The van der Waals surface area contributed by atoms with Crippen LogP contribution in [-0.2, 0) is 21.4 Å². The number of anilines is 1. The number of rotatable bonds is 7. The van der Waals surface area contributed by atoms with Gasteiger partial charge in [0.05, 0.1) is 44.7 Å². The van der Waals surface area contributed by atoms with Crippen LogP contribution in [0.15, 0.2) is 23.0 Å². The van der Waals surface area contributed by atoms with Gasteiger partial charge in [-0.2, -0.15) is 4.31 Å². The van der Waals surface area contributed by atoms with E-state index in [9.17, 15) is 18.0 Å². The summed E-state index contributed by atoms with van der Waals surface area (Å²) in [5, 5.41) is 5.46. The van der Waals surface area contributed by atoms with Crippen molar-refractivity contribution in [3.05, 3.63) is 34.3 Å². The molecule has 3 aromatic rings. The number of hydrogen-bond acceptors (Lipinski definition) is 11. The first-order chi connectivity index (χ1) is 24.2. The van der Waals surface area contributed by atoms with Crippen LogP contribution >= 0.6 is 11.3 Å². The molecule has 2 bridgehead atoms. The number of aromatic nitrogens is 2. The molecule has 1 N–H and O–H groups in total. The highest BCUT2D eigenvalue weighted by molar-refractivity contribution is 7.89. The Morgan fingerprint density at radius 1 is 0.960 bits per heavy atom. The number of methoxy groups -OCH3 is 3. The molecule has 13 nitrogen and oxygen atoms in total. The number of piperidine rings is 1. The van der Waals surface area contributed by atoms with E-state index in [1.54, 1.807) is 36.5 Å². The number of thiazole rings is 1. The molecular weight excluding hydrogens is 681 g/mol. The molecule has 2 fully saturated rings. The van der Waals surface area contributed by atoms with Crippen molar-refractivity contribution in [2.75, 3.05) is 71.3 Å². The van der Waals surface area contributed by atoms with Crippen molar-refractivity contribution in [2.24, 2.45) is 11.8 Å². The molecule has 1 unspecified atom stereocenters. The van der Waals surface area contributed by atoms with E-state index in [1.807, 2.05) is 12.1 Å². The average molecular weight is 729 g/mol. The van der Waals surface area contributed by atoms with Gasteiger partial charge in [-0.1, -0.05) is 12.8 Å². The zero-order chi connectivity index (χ0) is 35.3. The Morgan fingerprint density at radius 2 is 1.74 bits per heavy atom. The minimum absolute atomic E-state index is 0.0833. The van der Waals surface area contributed by atoms with Gasteiger partial charge in [-0.05, 0) is 56.4 Å². The lowest BCUT2D eigenvalue weighted by Crippen LogP contribution is -2.46. The van der Waals surface area contributed by atoms with E-state index in [-0.39, 0.29) is 49.0 Å². The zero-order valence-corrected chi connectivity index (χ0v) is 30.8. The number of hydrogen-bond donors (Lipinski definition) is 1. The van der Waals surface area contributed by atoms with E-state index in [0.29, 0.717) is 66.3 Å². The van der Waals surface area contributed by atoms with Crippen molar-refractivity contribution < 1.29 is 32.2 Å². The van der Waals surface area contributed by atoms with Crippen molar-refractivity contribution >= 4 is 49.9 Å². The van der Waals surface area contributed by atoms with Gasteiger partial charge < -0.3 is 29.3 Å². The Labute approximate surface area is 298 Å². The average Bonchev–Trinajstić information content (AvgIpc) is 3.85. The molecule has 1 saturated carbocycles.